The minimum Gasteiger partial charge on any atom is -0.327 e. The van der Waals surface area contributed by atoms with Crippen LogP contribution in [-0.2, 0) is 13.5 Å². The van der Waals surface area contributed by atoms with Gasteiger partial charge in [0.25, 0.3) is 0 Å². The summed E-state index contributed by atoms with van der Waals surface area (Å²) < 4.78 is 2.19. The van der Waals surface area contributed by atoms with Crippen LogP contribution in [0.3, 0.4) is 0 Å². The summed E-state index contributed by atoms with van der Waals surface area (Å²) in [4.78, 5) is 4.82. The van der Waals surface area contributed by atoms with Gasteiger partial charge in [0.05, 0.1) is 11.0 Å². The molecular weight excluding hydrogens is 244 g/mol. The van der Waals surface area contributed by atoms with Crippen LogP contribution in [0.4, 0.5) is 0 Å². The number of aryl methyl sites for hydroxylation is 1. The molecule has 0 radical (unpaired) electrons. The van der Waals surface area contributed by atoms with Crippen LogP contribution < -0.4 is 0 Å². The smallest absolute Gasteiger partial charge is 0.141 e. The average molecular weight is 260 g/mol. The summed E-state index contributed by atoms with van der Waals surface area (Å²) in [5, 5.41) is 0. The number of benzene rings is 2. The highest BCUT2D eigenvalue weighted by Gasteiger charge is 2.17. The Morgan fingerprint density at radius 1 is 1.05 bits per heavy atom. The van der Waals surface area contributed by atoms with Crippen molar-refractivity contribution in [1.29, 1.82) is 0 Å². The van der Waals surface area contributed by atoms with Gasteiger partial charge < -0.3 is 4.57 Å². The molecule has 0 saturated carbocycles. The van der Waals surface area contributed by atoms with E-state index >= 15 is 0 Å². The Kier molecular flexibility index (Phi) is 2.34. The van der Waals surface area contributed by atoms with E-state index in [2.05, 4.69) is 61.0 Å². The summed E-state index contributed by atoms with van der Waals surface area (Å²) in [6.07, 6.45) is 3.36. The van der Waals surface area contributed by atoms with E-state index in [0.717, 1.165) is 17.8 Å². The fourth-order valence-electron chi connectivity index (χ4n) is 3.12. The summed E-state index contributed by atoms with van der Waals surface area (Å²) in [7, 11) is 2.09. The van der Waals surface area contributed by atoms with E-state index in [9.17, 15) is 0 Å². The number of nitrogens with zero attached hydrogens (tertiary/aromatic N) is 2. The molecule has 0 amide bonds. The molecule has 0 spiro atoms. The van der Waals surface area contributed by atoms with Crippen molar-refractivity contribution in [2.45, 2.75) is 13.3 Å². The van der Waals surface area contributed by atoms with Gasteiger partial charge in [-0.3, -0.25) is 0 Å². The number of fused-ring (bicyclic) bond motifs is 2. The molecule has 1 aromatic heterocycles. The van der Waals surface area contributed by atoms with Crippen LogP contribution in [0.15, 0.2) is 48.0 Å². The van der Waals surface area contributed by atoms with Crippen molar-refractivity contribution >= 4 is 17.1 Å². The van der Waals surface area contributed by atoms with Crippen molar-refractivity contribution in [3.8, 4) is 11.4 Å². The molecule has 0 aliphatic heterocycles. The van der Waals surface area contributed by atoms with Crippen LogP contribution in [0.2, 0.25) is 0 Å². The van der Waals surface area contributed by atoms with E-state index in [1.165, 1.54) is 27.8 Å². The lowest BCUT2D eigenvalue weighted by atomic mass is 10.0. The minimum atomic E-state index is 1.05. The van der Waals surface area contributed by atoms with E-state index in [4.69, 9.17) is 4.98 Å². The summed E-state index contributed by atoms with van der Waals surface area (Å²) in [5.41, 5.74) is 7.64. The van der Waals surface area contributed by atoms with Gasteiger partial charge in [-0.05, 0) is 36.6 Å². The lowest BCUT2D eigenvalue weighted by molar-refractivity contribution is 0.958. The van der Waals surface area contributed by atoms with Crippen LogP contribution in [0.25, 0.3) is 28.5 Å². The first-order chi connectivity index (χ1) is 9.74. The SMILES string of the molecule is CC1=Cc2c(cccc2-c2nc3ccccc3n2C)C1. The Hall–Kier alpha value is -2.35. The standard InChI is InChI=1S/C18H16N2/c1-12-10-13-6-5-7-14(15(13)11-12)18-19-16-8-3-4-9-17(16)20(18)2/h3-9,11H,10H2,1-2H3. The van der Waals surface area contributed by atoms with Crippen molar-refractivity contribution in [3.05, 3.63) is 59.2 Å². The second-order valence-corrected chi connectivity index (χ2v) is 5.53. The molecule has 2 heteroatoms. The molecule has 98 valence electrons. The predicted octanol–water partition coefficient (Wildman–Crippen LogP) is 4.20. The monoisotopic (exact) mass is 260 g/mol. The summed E-state index contributed by atoms with van der Waals surface area (Å²) in [6.45, 7) is 2.19. The van der Waals surface area contributed by atoms with Gasteiger partial charge in [0.1, 0.15) is 5.82 Å². The summed E-state index contributed by atoms with van der Waals surface area (Å²) >= 11 is 0. The molecule has 1 heterocycles. The van der Waals surface area contributed by atoms with E-state index in [-0.39, 0.29) is 0 Å². The van der Waals surface area contributed by atoms with Crippen LogP contribution in [0.1, 0.15) is 18.1 Å². The Morgan fingerprint density at radius 2 is 1.90 bits per heavy atom. The van der Waals surface area contributed by atoms with Gasteiger partial charge >= 0.3 is 0 Å². The molecular formula is C18H16N2. The molecule has 2 aromatic carbocycles. The lowest BCUT2D eigenvalue weighted by Crippen LogP contribution is -1.95. The van der Waals surface area contributed by atoms with Gasteiger partial charge in [-0.1, -0.05) is 42.0 Å². The first-order valence-electron chi connectivity index (χ1n) is 6.95. The Balaban J connectivity index is 2.01. The van der Waals surface area contributed by atoms with Crippen LogP contribution in [-0.4, -0.2) is 9.55 Å². The third-order valence-electron chi connectivity index (χ3n) is 4.08. The molecule has 0 unspecified atom stereocenters. The fraction of sp³-hybridized carbons (Fsp3) is 0.167. The lowest BCUT2D eigenvalue weighted by Gasteiger charge is -2.07. The highest BCUT2D eigenvalue weighted by molar-refractivity contribution is 5.84. The molecule has 0 fully saturated rings. The van der Waals surface area contributed by atoms with E-state index in [1.54, 1.807) is 0 Å². The third kappa shape index (κ3) is 1.54. The molecule has 4 rings (SSSR count). The number of para-hydroxylation sites is 2. The molecule has 20 heavy (non-hydrogen) atoms. The molecule has 1 aliphatic carbocycles. The molecule has 2 nitrogen and oxygen atoms in total. The average Bonchev–Trinajstić information content (AvgIpc) is 2.99. The number of allylic oxidation sites excluding steroid dienone is 1. The third-order valence-corrected chi connectivity index (χ3v) is 4.08. The maximum absolute atomic E-state index is 4.82. The van der Waals surface area contributed by atoms with E-state index < -0.39 is 0 Å². The summed E-state index contributed by atoms with van der Waals surface area (Å²) in [5.74, 6) is 1.05. The minimum absolute atomic E-state index is 1.05. The summed E-state index contributed by atoms with van der Waals surface area (Å²) in [6, 6.07) is 14.8. The van der Waals surface area contributed by atoms with Crippen LogP contribution in [0.5, 0.6) is 0 Å². The second kappa shape index (κ2) is 4.07. The zero-order chi connectivity index (χ0) is 13.7. The van der Waals surface area contributed by atoms with Gasteiger partial charge in [-0.2, -0.15) is 0 Å². The van der Waals surface area contributed by atoms with Crippen molar-refractivity contribution in [1.82, 2.24) is 9.55 Å². The number of hydrogen-bond donors (Lipinski definition) is 0. The molecule has 0 bridgehead atoms. The molecule has 3 aromatic rings. The molecule has 0 atom stereocenters. The van der Waals surface area contributed by atoms with Crippen molar-refractivity contribution in [2.75, 3.05) is 0 Å². The highest BCUT2D eigenvalue weighted by Crippen LogP contribution is 2.34. The quantitative estimate of drug-likeness (QED) is 0.641. The molecule has 0 saturated heterocycles. The Labute approximate surface area is 118 Å². The van der Waals surface area contributed by atoms with Gasteiger partial charge in [0, 0.05) is 12.6 Å². The van der Waals surface area contributed by atoms with Crippen molar-refractivity contribution in [2.24, 2.45) is 7.05 Å². The van der Waals surface area contributed by atoms with Gasteiger partial charge in [-0.15, -0.1) is 0 Å². The largest absolute Gasteiger partial charge is 0.327 e. The zero-order valence-corrected chi connectivity index (χ0v) is 11.7. The molecule has 1 aliphatic rings. The number of hydrogen-bond acceptors (Lipinski definition) is 1. The molecule has 0 N–H and O–H groups in total. The maximum Gasteiger partial charge on any atom is 0.141 e. The van der Waals surface area contributed by atoms with Gasteiger partial charge in [0.15, 0.2) is 0 Å². The van der Waals surface area contributed by atoms with Crippen molar-refractivity contribution < 1.29 is 0 Å². The zero-order valence-electron chi connectivity index (χ0n) is 11.7. The van der Waals surface area contributed by atoms with Gasteiger partial charge in [0.2, 0.25) is 0 Å². The van der Waals surface area contributed by atoms with E-state index in [1.807, 2.05) is 6.07 Å². The topological polar surface area (TPSA) is 17.8 Å². The Morgan fingerprint density at radius 3 is 2.75 bits per heavy atom. The number of imidazole rings is 1. The predicted molar refractivity (Wildman–Crippen MR) is 83.5 cm³/mol. The normalized spacial score (nSPS) is 13.6. The first kappa shape index (κ1) is 11.5. The fourth-order valence-corrected chi connectivity index (χ4v) is 3.12. The number of aromatic nitrogens is 2. The van der Waals surface area contributed by atoms with Gasteiger partial charge in [-0.25, -0.2) is 4.98 Å². The first-order valence-corrected chi connectivity index (χ1v) is 6.95. The van der Waals surface area contributed by atoms with Crippen LogP contribution in [0, 0.1) is 0 Å². The van der Waals surface area contributed by atoms with E-state index in [0.29, 0.717) is 0 Å². The highest BCUT2D eigenvalue weighted by atomic mass is 15.1. The van der Waals surface area contributed by atoms with Crippen molar-refractivity contribution in [3.63, 3.8) is 0 Å². The Bertz CT molecular complexity index is 853. The maximum atomic E-state index is 4.82. The number of rotatable bonds is 1. The van der Waals surface area contributed by atoms with Crippen LogP contribution >= 0.6 is 0 Å². The second-order valence-electron chi connectivity index (χ2n) is 5.53.